The number of hydrogen-bond acceptors (Lipinski definition) is 4. The van der Waals surface area contributed by atoms with Gasteiger partial charge in [-0.2, -0.15) is 17.9 Å². The number of rotatable bonds is 2. The zero-order valence-corrected chi connectivity index (χ0v) is 7.58. The van der Waals surface area contributed by atoms with E-state index in [4.69, 9.17) is 5.26 Å². The lowest BCUT2D eigenvalue weighted by Crippen LogP contribution is -2.12. The van der Waals surface area contributed by atoms with E-state index < -0.39 is 0 Å². The number of anilines is 1. The number of carbonyl (C=O) groups excluding carboxylic acids is 1. The molecule has 4 nitrogen and oxygen atoms in total. The predicted octanol–water partition coefficient (Wildman–Crippen LogP) is 0.822. The molecule has 0 fully saturated rings. The van der Waals surface area contributed by atoms with Crippen LogP contribution in [0.2, 0.25) is 0 Å². The zero-order valence-electron chi connectivity index (χ0n) is 6.69. The van der Waals surface area contributed by atoms with Crippen LogP contribution in [-0.2, 0) is 4.79 Å². The molecule has 5 heteroatoms. The first kappa shape index (κ1) is 9.55. The van der Waals surface area contributed by atoms with Gasteiger partial charge in [0.05, 0.1) is 17.6 Å². The first-order valence-electron chi connectivity index (χ1n) is 3.53. The average Bonchev–Trinajstić information content (AvgIpc) is 2.19. The summed E-state index contributed by atoms with van der Waals surface area (Å²) in [5, 5.41) is 11.0. The lowest BCUT2D eigenvalue weighted by molar-refractivity contribution is -0.113. The van der Waals surface area contributed by atoms with E-state index >= 15 is 0 Å². The van der Waals surface area contributed by atoms with Crippen LogP contribution in [0.5, 0.6) is 0 Å². The largest absolute Gasteiger partial charge is 0.324 e. The summed E-state index contributed by atoms with van der Waals surface area (Å²) >= 11 is 3.80. The molecule has 0 aromatic carbocycles. The summed E-state index contributed by atoms with van der Waals surface area (Å²) in [7, 11) is 0. The minimum atomic E-state index is -0.199. The SMILES string of the molecule is N#Cc1ccc(NC(=O)CS)cn1. The van der Waals surface area contributed by atoms with Crippen LogP contribution in [0, 0.1) is 11.3 Å². The highest BCUT2D eigenvalue weighted by atomic mass is 32.1. The molecule has 0 atom stereocenters. The van der Waals surface area contributed by atoms with Gasteiger partial charge in [-0.25, -0.2) is 4.98 Å². The molecule has 0 spiro atoms. The fourth-order valence-corrected chi connectivity index (χ4v) is 0.814. The number of nitrogens with one attached hydrogen (secondary N) is 1. The Morgan fingerprint density at radius 3 is 2.92 bits per heavy atom. The summed E-state index contributed by atoms with van der Waals surface area (Å²) in [6.45, 7) is 0. The van der Waals surface area contributed by atoms with Crippen molar-refractivity contribution in [3.05, 3.63) is 24.0 Å². The molecular formula is C8H7N3OS. The minimum Gasteiger partial charge on any atom is -0.324 e. The molecule has 1 heterocycles. The summed E-state index contributed by atoms with van der Waals surface area (Å²) in [4.78, 5) is 14.6. The van der Waals surface area contributed by atoms with Crippen molar-refractivity contribution in [2.24, 2.45) is 0 Å². The number of carbonyl (C=O) groups is 1. The van der Waals surface area contributed by atoms with Gasteiger partial charge in [0.1, 0.15) is 11.8 Å². The molecule has 0 aliphatic rings. The Hall–Kier alpha value is -1.54. The third kappa shape index (κ3) is 2.76. The highest BCUT2D eigenvalue weighted by molar-refractivity contribution is 7.81. The van der Waals surface area contributed by atoms with Crippen molar-refractivity contribution in [2.75, 3.05) is 11.1 Å². The van der Waals surface area contributed by atoms with Crippen molar-refractivity contribution in [2.45, 2.75) is 0 Å². The van der Waals surface area contributed by atoms with Gasteiger partial charge in [0, 0.05) is 0 Å². The molecule has 0 radical (unpaired) electrons. The van der Waals surface area contributed by atoms with Crippen molar-refractivity contribution < 1.29 is 4.79 Å². The highest BCUT2D eigenvalue weighted by Gasteiger charge is 1.99. The molecule has 0 saturated heterocycles. The Kier molecular flexibility index (Phi) is 3.29. The normalized spacial score (nSPS) is 8.92. The number of amides is 1. The fourth-order valence-electron chi connectivity index (χ4n) is 0.734. The van der Waals surface area contributed by atoms with Crippen molar-refractivity contribution in [1.82, 2.24) is 4.98 Å². The first-order valence-corrected chi connectivity index (χ1v) is 4.16. The highest BCUT2D eigenvalue weighted by Crippen LogP contribution is 2.05. The topological polar surface area (TPSA) is 65.8 Å². The Morgan fingerprint density at radius 2 is 2.46 bits per heavy atom. The third-order valence-corrected chi connectivity index (χ3v) is 1.59. The van der Waals surface area contributed by atoms with E-state index in [-0.39, 0.29) is 11.7 Å². The lowest BCUT2D eigenvalue weighted by atomic mass is 10.3. The Balaban J connectivity index is 2.71. The van der Waals surface area contributed by atoms with Gasteiger partial charge in [0.25, 0.3) is 0 Å². The van der Waals surface area contributed by atoms with E-state index in [1.165, 1.54) is 12.3 Å². The summed E-state index contributed by atoms with van der Waals surface area (Å²) in [6.07, 6.45) is 1.43. The molecule has 66 valence electrons. The lowest BCUT2D eigenvalue weighted by Gasteiger charge is -2.00. The standard InChI is InChI=1S/C8H7N3OS/c9-3-6-1-2-7(4-10-6)11-8(12)5-13/h1-2,4,13H,5H2,(H,11,12). The molecule has 0 bridgehead atoms. The Morgan fingerprint density at radius 1 is 1.69 bits per heavy atom. The van der Waals surface area contributed by atoms with Gasteiger partial charge in [0.15, 0.2) is 0 Å². The first-order chi connectivity index (χ1) is 6.26. The number of thiol groups is 1. The zero-order chi connectivity index (χ0) is 9.68. The van der Waals surface area contributed by atoms with Crippen LogP contribution in [-0.4, -0.2) is 16.6 Å². The molecule has 0 aliphatic carbocycles. The van der Waals surface area contributed by atoms with Gasteiger partial charge >= 0.3 is 0 Å². The molecule has 13 heavy (non-hydrogen) atoms. The van der Waals surface area contributed by atoms with Gasteiger partial charge in [-0.15, -0.1) is 0 Å². The Labute approximate surface area is 81.0 Å². The number of hydrogen-bond donors (Lipinski definition) is 2. The molecule has 1 amide bonds. The van der Waals surface area contributed by atoms with E-state index in [9.17, 15) is 4.79 Å². The second-order valence-electron chi connectivity index (χ2n) is 2.25. The van der Waals surface area contributed by atoms with Crippen LogP contribution in [0.3, 0.4) is 0 Å². The minimum absolute atomic E-state index is 0.125. The van der Waals surface area contributed by atoms with E-state index in [1.807, 2.05) is 6.07 Å². The smallest absolute Gasteiger partial charge is 0.234 e. The number of nitriles is 1. The third-order valence-electron chi connectivity index (χ3n) is 1.31. The molecule has 0 unspecified atom stereocenters. The second kappa shape index (κ2) is 4.48. The maximum Gasteiger partial charge on any atom is 0.234 e. The van der Waals surface area contributed by atoms with Crippen molar-refractivity contribution in [3.63, 3.8) is 0 Å². The van der Waals surface area contributed by atoms with Crippen LogP contribution < -0.4 is 5.32 Å². The number of aromatic nitrogens is 1. The van der Waals surface area contributed by atoms with E-state index in [1.54, 1.807) is 6.07 Å². The molecule has 0 saturated carbocycles. The van der Waals surface area contributed by atoms with Gasteiger partial charge < -0.3 is 5.32 Å². The Bertz CT molecular complexity index is 341. The summed E-state index contributed by atoms with van der Waals surface area (Å²) in [6, 6.07) is 5.04. The van der Waals surface area contributed by atoms with Crippen LogP contribution in [0.4, 0.5) is 5.69 Å². The van der Waals surface area contributed by atoms with Crippen LogP contribution in [0.25, 0.3) is 0 Å². The van der Waals surface area contributed by atoms with Gasteiger partial charge in [-0.3, -0.25) is 4.79 Å². The van der Waals surface area contributed by atoms with Crippen LogP contribution in [0.15, 0.2) is 18.3 Å². The van der Waals surface area contributed by atoms with Crippen LogP contribution in [0.1, 0.15) is 5.69 Å². The van der Waals surface area contributed by atoms with Crippen molar-refractivity contribution in [1.29, 1.82) is 5.26 Å². The van der Waals surface area contributed by atoms with Gasteiger partial charge in [-0.05, 0) is 12.1 Å². The van der Waals surface area contributed by atoms with Crippen LogP contribution >= 0.6 is 12.6 Å². The summed E-state index contributed by atoms with van der Waals surface area (Å²) in [5.74, 6) is -0.0742. The molecular weight excluding hydrogens is 186 g/mol. The quantitative estimate of drug-likeness (QED) is 0.683. The number of nitrogens with zero attached hydrogens (tertiary/aromatic N) is 2. The van der Waals surface area contributed by atoms with E-state index in [0.717, 1.165) is 0 Å². The van der Waals surface area contributed by atoms with Crippen molar-refractivity contribution >= 4 is 24.2 Å². The average molecular weight is 193 g/mol. The fraction of sp³-hybridized carbons (Fsp3) is 0.125. The molecule has 1 aromatic rings. The second-order valence-corrected chi connectivity index (χ2v) is 2.57. The monoisotopic (exact) mass is 193 g/mol. The van der Waals surface area contributed by atoms with E-state index in [2.05, 4.69) is 22.9 Å². The molecule has 1 N–H and O–H groups in total. The molecule has 1 aromatic heterocycles. The maximum absolute atomic E-state index is 10.9. The van der Waals surface area contributed by atoms with Crippen molar-refractivity contribution in [3.8, 4) is 6.07 Å². The molecule has 1 rings (SSSR count). The molecule has 0 aliphatic heterocycles. The van der Waals surface area contributed by atoms with Gasteiger partial charge in [-0.1, -0.05) is 0 Å². The number of pyridine rings is 1. The predicted molar refractivity (Wildman–Crippen MR) is 51.4 cm³/mol. The van der Waals surface area contributed by atoms with E-state index in [0.29, 0.717) is 11.4 Å². The summed E-state index contributed by atoms with van der Waals surface area (Å²) < 4.78 is 0. The summed E-state index contributed by atoms with van der Waals surface area (Å²) in [5.41, 5.74) is 0.891. The maximum atomic E-state index is 10.9. The van der Waals surface area contributed by atoms with Gasteiger partial charge in [0.2, 0.25) is 5.91 Å².